The molecule has 1 aromatic carbocycles. The van der Waals surface area contributed by atoms with Crippen LogP contribution in [0.5, 0.6) is 5.88 Å². The SMILES string of the molecule is O=C1SCCN(C(=O)c2ccc(OCc3c(-c4ccc(Cl)cc4)noc3CO)nc2)C1=O. The Kier molecular flexibility index (Phi) is 6.54. The van der Waals surface area contributed by atoms with Gasteiger partial charge in [-0.3, -0.25) is 19.3 Å². The highest BCUT2D eigenvalue weighted by molar-refractivity contribution is 8.15. The first-order chi connectivity index (χ1) is 15.5. The lowest BCUT2D eigenvalue weighted by Gasteiger charge is -2.23. The number of amides is 2. The topological polar surface area (TPSA) is 123 Å². The number of carbonyl (C=O) groups excluding carboxylic acids is 3. The zero-order valence-electron chi connectivity index (χ0n) is 16.5. The van der Waals surface area contributed by atoms with Gasteiger partial charge in [0.25, 0.3) is 11.0 Å². The molecule has 0 bridgehead atoms. The van der Waals surface area contributed by atoms with Gasteiger partial charge in [-0.2, -0.15) is 0 Å². The predicted octanol–water partition coefficient (Wildman–Crippen LogP) is 2.70. The molecule has 2 amide bonds. The minimum Gasteiger partial charge on any atom is -0.473 e. The maximum absolute atomic E-state index is 12.5. The molecule has 1 fully saturated rings. The fourth-order valence-corrected chi connectivity index (χ4v) is 3.86. The molecule has 4 rings (SSSR count). The maximum Gasteiger partial charge on any atom is 0.308 e. The Hall–Kier alpha value is -3.21. The number of carbonyl (C=O) groups is 3. The highest BCUT2D eigenvalue weighted by Gasteiger charge is 2.32. The third-order valence-electron chi connectivity index (χ3n) is 4.69. The standard InChI is InChI=1S/C21H16ClN3O6S/c22-14-4-1-12(2-5-14)18-15(16(10-26)31-24-18)11-30-17-6-3-13(9-23-17)19(27)25-7-8-32-21(29)20(25)28/h1-6,9,26H,7-8,10-11H2. The van der Waals surface area contributed by atoms with Crippen LogP contribution >= 0.6 is 23.4 Å². The number of hydrogen-bond donors (Lipinski definition) is 1. The smallest absolute Gasteiger partial charge is 0.308 e. The largest absolute Gasteiger partial charge is 0.473 e. The highest BCUT2D eigenvalue weighted by atomic mass is 35.5. The molecule has 0 spiro atoms. The second-order valence-corrected chi connectivity index (χ2v) is 8.17. The number of aliphatic hydroxyl groups is 1. The van der Waals surface area contributed by atoms with Gasteiger partial charge in [-0.1, -0.05) is 40.7 Å². The van der Waals surface area contributed by atoms with E-state index in [0.29, 0.717) is 22.0 Å². The maximum atomic E-state index is 12.5. The van der Waals surface area contributed by atoms with Crippen LogP contribution in [0.2, 0.25) is 5.02 Å². The van der Waals surface area contributed by atoms with Gasteiger partial charge in [0, 0.05) is 35.1 Å². The van der Waals surface area contributed by atoms with Gasteiger partial charge in [0.2, 0.25) is 5.88 Å². The van der Waals surface area contributed by atoms with Gasteiger partial charge in [-0.25, -0.2) is 4.98 Å². The van der Waals surface area contributed by atoms with Crippen molar-refractivity contribution >= 4 is 40.3 Å². The number of aliphatic hydroxyl groups excluding tert-OH is 1. The summed E-state index contributed by atoms with van der Waals surface area (Å²) in [6.45, 7) is -0.188. The van der Waals surface area contributed by atoms with E-state index < -0.39 is 16.9 Å². The van der Waals surface area contributed by atoms with Crippen molar-refractivity contribution in [2.75, 3.05) is 12.3 Å². The summed E-state index contributed by atoms with van der Waals surface area (Å²) in [5.74, 6) is -0.579. The van der Waals surface area contributed by atoms with Crippen molar-refractivity contribution in [1.29, 1.82) is 0 Å². The summed E-state index contributed by atoms with van der Waals surface area (Å²) in [5.41, 5.74) is 1.95. The van der Waals surface area contributed by atoms with Crippen molar-refractivity contribution in [3.63, 3.8) is 0 Å². The molecule has 1 aliphatic heterocycles. The molecule has 0 atom stereocenters. The molecular formula is C21H16ClN3O6S. The summed E-state index contributed by atoms with van der Waals surface area (Å²) in [6, 6.07) is 9.91. The van der Waals surface area contributed by atoms with E-state index in [2.05, 4.69) is 10.1 Å². The van der Waals surface area contributed by atoms with Crippen molar-refractivity contribution in [2.45, 2.75) is 13.2 Å². The summed E-state index contributed by atoms with van der Waals surface area (Å²) in [7, 11) is 0. The number of imide groups is 1. The molecule has 0 saturated carbocycles. The first kappa shape index (κ1) is 22.0. The van der Waals surface area contributed by atoms with Crippen molar-refractivity contribution < 1.29 is 28.8 Å². The summed E-state index contributed by atoms with van der Waals surface area (Å²) in [5, 5.41) is 13.5. The van der Waals surface area contributed by atoms with E-state index in [1.54, 1.807) is 24.3 Å². The molecule has 11 heteroatoms. The number of ether oxygens (including phenoxy) is 1. The van der Waals surface area contributed by atoms with Crippen molar-refractivity contribution in [3.05, 3.63) is 64.5 Å². The van der Waals surface area contributed by atoms with Gasteiger partial charge in [-0.15, -0.1) is 0 Å². The van der Waals surface area contributed by atoms with Crippen LogP contribution in [0, 0.1) is 0 Å². The Labute approximate surface area is 191 Å². The molecule has 32 heavy (non-hydrogen) atoms. The molecular weight excluding hydrogens is 458 g/mol. The molecule has 1 saturated heterocycles. The van der Waals surface area contributed by atoms with E-state index in [9.17, 15) is 19.5 Å². The third-order valence-corrected chi connectivity index (χ3v) is 5.77. The molecule has 2 aromatic heterocycles. The van der Waals surface area contributed by atoms with Crippen molar-refractivity contribution in [2.24, 2.45) is 0 Å². The van der Waals surface area contributed by atoms with Crippen LogP contribution in [0.15, 0.2) is 47.1 Å². The molecule has 3 heterocycles. The van der Waals surface area contributed by atoms with Crippen LogP contribution < -0.4 is 4.74 Å². The lowest BCUT2D eigenvalue weighted by Crippen LogP contribution is -2.45. The second kappa shape index (κ2) is 9.51. The van der Waals surface area contributed by atoms with Crippen LogP contribution in [0.4, 0.5) is 0 Å². The quantitative estimate of drug-likeness (QED) is 0.425. The summed E-state index contributed by atoms with van der Waals surface area (Å²) < 4.78 is 10.9. The van der Waals surface area contributed by atoms with E-state index in [-0.39, 0.29) is 37.0 Å². The van der Waals surface area contributed by atoms with Crippen LogP contribution in [-0.2, 0) is 22.8 Å². The molecule has 9 nitrogen and oxygen atoms in total. The molecule has 0 radical (unpaired) electrons. The molecule has 0 aliphatic carbocycles. The Morgan fingerprint density at radius 3 is 2.69 bits per heavy atom. The predicted molar refractivity (Wildman–Crippen MR) is 115 cm³/mol. The van der Waals surface area contributed by atoms with Gasteiger partial charge in [0.15, 0.2) is 5.76 Å². The number of aromatic nitrogens is 2. The fourth-order valence-electron chi connectivity index (χ4n) is 3.04. The third kappa shape index (κ3) is 4.52. The van der Waals surface area contributed by atoms with E-state index in [1.807, 2.05) is 0 Å². The van der Waals surface area contributed by atoms with Gasteiger partial charge < -0.3 is 14.4 Å². The minimum absolute atomic E-state index is 0.00792. The first-order valence-corrected chi connectivity index (χ1v) is 10.8. The summed E-state index contributed by atoms with van der Waals surface area (Å²) >= 11 is 6.83. The number of nitrogens with zero attached hydrogens (tertiary/aromatic N) is 3. The lowest BCUT2D eigenvalue weighted by molar-refractivity contribution is -0.138. The van der Waals surface area contributed by atoms with Crippen LogP contribution in [0.25, 0.3) is 11.3 Å². The van der Waals surface area contributed by atoms with Gasteiger partial charge in [-0.05, 0) is 18.2 Å². The first-order valence-electron chi connectivity index (χ1n) is 9.44. The van der Waals surface area contributed by atoms with Crippen LogP contribution in [0.3, 0.4) is 0 Å². The number of thioether (sulfide) groups is 1. The molecule has 1 N–H and O–H groups in total. The monoisotopic (exact) mass is 473 g/mol. The van der Waals surface area contributed by atoms with Gasteiger partial charge in [0.1, 0.15) is 18.9 Å². The number of pyridine rings is 1. The minimum atomic E-state index is -0.828. The summed E-state index contributed by atoms with van der Waals surface area (Å²) in [6.07, 6.45) is 1.28. The second-order valence-electron chi connectivity index (χ2n) is 6.67. The van der Waals surface area contributed by atoms with Gasteiger partial charge in [0.05, 0.1) is 11.1 Å². The van der Waals surface area contributed by atoms with E-state index in [1.165, 1.54) is 18.3 Å². The zero-order chi connectivity index (χ0) is 22.7. The zero-order valence-corrected chi connectivity index (χ0v) is 18.1. The Morgan fingerprint density at radius 1 is 1.22 bits per heavy atom. The molecule has 3 aromatic rings. The normalized spacial score (nSPS) is 14.0. The van der Waals surface area contributed by atoms with E-state index >= 15 is 0 Å². The average Bonchev–Trinajstić information content (AvgIpc) is 3.23. The molecule has 1 aliphatic rings. The number of benzene rings is 1. The molecule has 164 valence electrons. The highest BCUT2D eigenvalue weighted by Crippen LogP contribution is 2.28. The van der Waals surface area contributed by atoms with Crippen LogP contribution in [-0.4, -0.2) is 49.4 Å². The Morgan fingerprint density at radius 2 is 2.00 bits per heavy atom. The molecule has 0 unspecified atom stereocenters. The van der Waals surface area contributed by atoms with Crippen molar-refractivity contribution in [3.8, 4) is 17.1 Å². The Balaban J connectivity index is 1.47. The lowest BCUT2D eigenvalue weighted by atomic mass is 10.1. The fraction of sp³-hybridized carbons (Fsp3) is 0.190. The van der Waals surface area contributed by atoms with E-state index in [0.717, 1.165) is 22.2 Å². The number of hydrogen-bond acceptors (Lipinski definition) is 9. The Bertz CT molecular complexity index is 1160. The van der Waals surface area contributed by atoms with E-state index in [4.69, 9.17) is 20.9 Å². The number of rotatable bonds is 6. The van der Waals surface area contributed by atoms with Gasteiger partial charge >= 0.3 is 5.91 Å². The number of halogens is 1. The average molecular weight is 474 g/mol. The van der Waals surface area contributed by atoms with Crippen molar-refractivity contribution in [1.82, 2.24) is 15.0 Å². The van der Waals surface area contributed by atoms with Crippen LogP contribution in [0.1, 0.15) is 21.7 Å². The summed E-state index contributed by atoms with van der Waals surface area (Å²) in [4.78, 5) is 41.0.